The van der Waals surface area contributed by atoms with E-state index < -0.39 is 12.1 Å². The number of nitrogens with zero attached hydrogens (tertiary/aromatic N) is 1. The molecule has 7 heteroatoms. The minimum atomic E-state index is -0.715. The molecule has 7 nitrogen and oxygen atoms in total. The lowest BCUT2D eigenvalue weighted by atomic mass is 10.1. The maximum absolute atomic E-state index is 12.4. The number of ether oxygens (including phenoxy) is 3. The van der Waals surface area contributed by atoms with Crippen molar-refractivity contribution in [2.75, 3.05) is 25.7 Å². The molecule has 0 N–H and O–H groups in total. The third-order valence-electron chi connectivity index (χ3n) is 3.39. The number of fused-ring (bicyclic) bond motifs is 1. The number of carbonyl (C=O) groups excluding carboxylic acids is 3. The molecular formula is C15H17NO6. The van der Waals surface area contributed by atoms with Gasteiger partial charge in [0, 0.05) is 5.56 Å². The van der Waals surface area contributed by atoms with E-state index in [1.165, 1.54) is 31.3 Å². The van der Waals surface area contributed by atoms with Gasteiger partial charge < -0.3 is 14.2 Å². The van der Waals surface area contributed by atoms with Crippen LogP contribution in [-0.4, -0.2) is 45.0 Å². The Hall–Kier alpha value is -2.57. The maximum Gasteiger partial charge on any atom is 0.325 e. The number of rotatable bonds is 5. The summed E-state index contributed by atoms with van der Waals surface area (Å²) in [6.45, 7) is 1.55. The van der Waals surface area contributed by atoms with Crippen LogP contribution in [0.15, 0.2) is 12.1 Å². The molecule has 0 fully saturated rings. The van der Waals surface area contributed by atoms with E-state index >= 15 is 0 Å². The summed E-state index contributed by atoms with van der Waals surface area (Å²) in [6, 6.07) is 3.00. The molecule has 1 aromatic rings. The molecule has 1 aromatic carbocycles. The normalized spacial score (nSPS) is 16.6. The number of aldehydes is 1. The molecule has 1 aliphatic rings. The van der Waals surface area contributed by atoms with Crippen molar-refractivity contribution < 1.29 is 28.6 Å². The van der Waals surface area contributed by atoms with Crippen LogP contribution in [-0.2, 0) is 14.3 Å². The molecule has 118 valence electrons. The van der Waals surface area contributed by atoms with Crippen molar-refractivity contribution in [3.05, 3.63) is 17.7 Å². The molecule has 2 rings (SSSR count). The highest BCUT2D eigenvalue weighted by Crippen LogP contribution is 2.43. The Bertz CT molecular complexity index is 612. The van der Waals surface area contributed by atoms with Crippen molar-refractivity contribution in [3.8, 4) is 11.5 Å². The van der Waals surface area contributed by atoms with Crippen molar-refractivity contribution in [2.45, 2.75) is 19.4 Å². The molecule has 1 heterocycles. The number of hydrogen-bond acceptors (Lipinski definition) is 6. The minimum Gasteiger partial charge on any atom is -0.493 e. The number of esters is 1. The number of methoxy groups -OCH3 is 2. The zero-order chi connectivity index (χ0) is 16.3. The molecule has 22 heavy (non-hydrogen) atoms. The third-order valence-corrected chi connectivity index (χ3v) is 3.39. The first-order valence-corrected chi connectivity index (χ1v) is 6.77. The highest BCUT2D eigenvalue weighted by atomic mass is 16.5. The SMILES string of the molecule is CCC1Oc2c(OC)cc(C=O)cc2N(CC(=O)OC)C1=O. The second-order valence-corrected chi connectivity index (χ2v) is 4.70. The molecular weight excluding hydrogens is 290 g/mol. The van der Waals surface area contributed by atoms with E-state index in [4.69, 9.17) is 9.47 Å². The predicted molar refractivity (Wildman–Crippen MR) is 77.5 cm³/mol. The van der Waals surface area contributed by atoms with E-state index in [2.05, 4.69) is 4.74 Å². The second-order valence-electron chi connectivity index (χ2n) is 4.70. The van der Waals surface area contributed by atoms with Crippen LogP contribution in [0.5, 0.6) is 11.5 Å². The third kappa shape index (κ3) is 2.74. The molecule has 0 bridgehead atoms. The highest BCUT2D eigenvalue weighted by Gasteiger charge is 2.36. The Balaban J connectivity index is 2.57. The van der Waals surface area contributed by atoms with Crippen molar-refractivity contribution in [3.63, 3.8) is 0 Å². The molecule has 1 aliphatic heterocycles. The largest absolute Gasteiger partial charge is 0.493 e. The van der Waals surface area contributed by atoms with Gasteiger partial charge in [0.2, 0.25) is 0 Å². The lowest BCUT2D eigenvalue weighted by Crippen LogP contribution is -2.48. The summed E-state index contributed by atoms with van der Waals surface area (Å²) in [6.07, 6.45) is 0.359. The quantitative estimate of drug-likeness (QED) is 0.600. The molecule has 1 atom stereocenters. The predicted octanol–water partition coefficient (Wildman–Crippen LogP) is 1.18. The Morgan fingerprint density at radius 3 is 2.68 bits per heavy atom. The number of benzene rings is 1. The van der Waals surface area contributed by atoms with E-state index in [1.54, 1.807) is 6.92 Å². The number of carbonyl (C=O) groups is 3. The molecule has 0 aliphatic carbocycles. The van der Waals surface area contributed by atoms with Crippen LogP contribution in [0.2, 0.25) is 0 Å². The van der Waals surface area contributed by atoms with Crippen LogP contribution >= 0.6 is 0 Å². The zero-order valence-electron chi connectivity index (χ0n) is 12.6. The Kier molecular flexibility index (Phi) is 4.65. The second kappa shape index (κ2) is 6.46. The van der Waals surface area contributed by atoms with Crippen LogP contribution in [0.3, 0.4) is 0 Å². The molecule has 0 spiro atoms. The molecule has 1 amide bonds. The van der Waals surface area contributed by atoms with E-state index in [9.17, 15) is 14.4 Å². The van der Waals surface area contributed by atoms with Gasteiger partial charge in [-0.2, -0.15) is 0 Å². The Labute approximate surface area is 127 Å². The van der Waals surface area contributed by atoms with Gasteiger partial charge in [0.05, 0.1) is 19.9 Å². The molecule has 0 radical (unpaired) electrons. The molecule has 0 saturated heterocycles. The van der Waals surface area contributed by atoms with Gasteiger partial charge in [-0.1, -0.05) is 6.92 Å². The van der Waals surface area contributed by atoms with Crippen LogP contribution in [0.4, 0.5) is 5.69 Å². The summed E-state index contributed by atoms with van der Waals surface area (Å²) >= 11 is 0. The van der Waals surface area contributed by atoms with E-state index in [0.717, 1.165) is 0 Å². The smallest absolute Gasteiger partial charge is 0.325 e. The lowest BCUT2D eigenvalue weighted by Gasteiger charge is -2.34. The van der Waals surface area contributed by atoms with Crippen LogP contribution in [0.1, 0.15) is 23.7 Å². The maximum atomic E-state index is 12.4. The number of amides is 1. The van der Waals surface area contributed by atoms with Crippen molar-refractivity contribution in [1.82, 2.24) is 0 Å². The van der Waals surface area contributed by atoms with Crippen LogP contribution in [0.25, 0.3) is 0 Å². The van der Waals surface area contributed by atoms with Crippen molar-refractivity contribution >= 4 is 23.9 Å². The van der Waals surface area contributed by atoms with Gasteiger partial charge in [-0.15, -0.1) is 0 Å². The first kappa shape index (κ1) is 15.8. The fraction of sp³-hybridized carbons (Fsp3) is 0.400. The summed E-state index contributed by atoms with van der Waals surface area (Å²) in [5.41, 5.74) is 0.637. The fourth-order valence-electron chi connectivity index (χ4n) is 2.25. The highest BCUT2D eigenvalue weighted by molar-refractivity contribution is 6.04. The van der Waals surface area contributed by atoms with E-state index in [0.29, 0.717) is 35.5 Å². The minimum absolute atomic E-state index is 0.256. The van der Waals surface area contributed by atoms with Gasteiger partial charge in [0.15, 0.2) is 17.6 Å². The average molecular weight is 307 g/mol. The Morgan fingerprint density at radius 2 is 2.14 bits per heavy atom. The summed E-state index contributed by atoms with van der Waals surface area (Å²) < 4.78 is 15.5. The zero-order valence-corrected chi connectivity index (χ0v) is 12.6. The standard InChI is InChI=1S/C15H17NO6/c1-4-11-15(19)16(7-13(18)21-3)10-5-9(8-17)6-12(20-2)14(10)22-11/h5-6,8,11H,4,7H2,1-3H3. The van der Waals surface area contributed by atoms with E-state index in [-0.39, 0.29) is 12.5 Å². The number of hydrogen-bond donors (Lipinski definition) is 0. The van der Waals surface area contributed by atoms with Crippen LogP contribution < -0.4 is 14.4 Å². The van der Waals surface area contributed by atoms with Crippen molar-refractivity contribution in [1.29, 1.82) is 0 Å². The van der Waals surface area contributed by atoms with Gasteiger partial charge in [-0.3, -0.25) is 19.3 Å². The first-order chi connectivity index (χ1) is 10.5. The summed E-state index contributed by atoms with van der Waals surface area (Å²) in [5, 5.41) is 0. The monoisotopic (exact) mass is 307 g/mol. The first-order valence-electron chi connectivity index (χ1n) is 6.77. The van der Waals surface area contributed by atoms with E-state index in [1.807, 2.05) is 0 Å². The fourth-order valence-corrected chi connectivity index (χ4v) is 2.25. The Morgan fingerprint density at radius 1 is 1.41 bits per heavy atom. The average Bonchev–Trinajstić information content (AvgIpc) is 2.55. The van der Waals surface area contributed by atoms with Gasteiger partial charge >= 0.3 is 5.97 Å². The topological polar surface area (TPSA) is 82.1 Å². The van der Waals surface area contributed by atoms with Gasteiger partial charge in [0.25, 0.3) is 5.91 Å². The molecule has 0 aromatic heterocycles. The van der Waals surface area contributed by atoms with Gasteiger partial charge in [-0.25, -0.2) is 0 Å². The number of anilines is 1. The summed E-state index contributed by atoms with van der Waals surface area (Å²) in [4.78, 5) is 36.3. The van der Waals surface area contributed by atoms with Gasteiger partial charge in [-0.05, 0) is 18.6 Å². The molecule has 0 saturated carbocycles. The lowest BCUT2D eigenvalue weighted by molar-refractivity contribution is -0.140. The summed E-state index contributed by atoms with van der Waals surface area (Å²) in [5.74, 6) is -0.249. The summed E-state index contributed by atoms with van der Waals surface area (Å²) in [7, 11) is 2.68. The van der Waals surface area contributed by atoms with Crippen LogP contribution in [0, 0.1) is 0 Å². The van der Waals surface area contributed by atoms with Gasteiger partial charge in [0.1, 0.15) is 12.8 Å². The molecule has 1 unspecified atom stereocenters. The van der Waals surface area contributed by atoms with Crippen molar-refractivity contribution in [2.24, 2.45) is 0 Å².